The Bertz CT molecular complexity index is 185. The summed E-state index contributed by atoms with van der Waals surface area (Å²) in [5, 5.41) is 0. The molecule has 0 spiro atoms. The SMILES string of the molecule is COC1=CC=C(OCF)CC1. The Balaban J connectivity index is 2.47. The van der Waals surface area contributed by atoms with E-state index in [2.05, 4.69) is 4.74 Å². The molecule has 0 aliphatic heterocycles. The van der Waals surface area contributed by atoms with E-state index in [9.17, 15) is 4.39 Å². The molecule has 0 fully saturated rings. The first-order valence-corrected chi connectivity index (χ1v) is 3.49. The molecule has 11 heavy (non-hydrogen) atoms. The third-order valence-corrected chi connectivity index (χ3v) is 1.58. The zero-order valence-electron chi connectivity index (χ0n) is 6.47. The van der Waals surface area contributed by atoms with Crippen LogP contribution in [0.1, 0.15) is 12.8 Å². The van der Waals surface area contributed by atoms with E-state index < -0.39 is 6.86 Å². The average Bonchev–Trinajstić information content (AvgIpc) is 2.07. The molecule has 0 saturated heterocycles. The Kier molecular flexibility index (Phi) is 2.95. The largest absolute Gasteiger partial charge is 0.501 e. The molecule has 0 aromatic heterocycles. The summed E-state index contributed by atoms with van der Waals surface area (Å²) in [7, 11) is 1.63. The monoisotopic (exact) mass is 158 g/mol. The molecule has 1 aliphatic carbocycles. The van der Waals surface area contributed by atoms with Crippen LogP contribution in [0, 0.1) is 0 Å². The van der Waals surface area contributed by atoms with Gasteiger partial charge < -0.3 is 9.47 Å². The second-order valence-corrected chi connectivity index (χ2v) is 2.22. The van der Waals surface area contributed by atoms with Crippen LogP contribution in [0.5, 0.6) is 0 Å². The summed E-state index contributed by atoms with van der Waals surface area (Å²) in [5.41, 5.74) is 0. The minimum Gasteiger partial charge on any atom is -0.501 e. The molecule has 0 radical (unpaired) electrons. The number of hydrogen-bond acceptors (Lipinski definition) is 2. The summed E-state index contributed by atoms with van der Waals surface area (Å²) in [6, 6.07) is 0. The van der Waals surface area contributed by atoms with Crippen LogP contribution in [-0.4, -0.2) is 14.0 Å². The molecule has 3 heteroatoms. The molecule has 0 amide bonds. The van der Waals surface area contributed by atoms with Gasteiger partial charge in [0, 0.05) is 12.8 Å². The molecule has 0 unspecified atom stereocenters. The molecule has 0 bridgehead atoms. The maximum absolute atomic E-state index is 11.6. The van der Waals surface area contributed by atoms with Crippen molar-refractivity contribution in [1.82, 2.24) is 0 Å². The van der Waals surface area contributed by atoms with E-state index in [1.54, 1.807) is 19.3 Å². The highest BCUT2D eigenvalue weighted by atomic mass is 19.1. The van der Waals surface area contributed by atoms with Crippen molar-refractivity contribution in [3.63, 3.8) is 0 Å². The van der Waals surface area contributed by atoms with E-state index in [1.165, 1.54) is 0 Å². The molecule has 2 nitrogen and oxygen atoms in total. The van der Waals surface area contributed by atoms with Crippen molar-refractivity contribution < 1.29 is 13.9 Å². The van der Waals surface area contributed by atoms with Crippen LogP contribution in [0.15, 0.2) is 23.7 Å². The van der Waals surface area contributed by atoms with Gasteiger partial charge in [-0.1, -0.05) is 0 Å². The summed E-state index contributed by atoms with van der Waals surface area (Å²) in [5.74, 6) is 1.60. The fourth-order valence-electron chi connectivity index (χ4n) is 0.959. The van der Waals surface area contributed by atoms with Gasteiger partial charge in [0.15, 0.2) is 0 Å². The Labute approximate surface area is 65.3 Å². The molecular weight excluding hydrogens is 147 g/mol. The third-order valence-electron chi connectivity index (χ3n) is 1.58. The van der Waals surface area contributed by atoms with Gasteiger partial charge in [0.25, 0.3) is 0 Å². The highest BCUT2D eigenvalue weighted by molar-refractivity contribution is 5.17. The Morgan fingerprint density at radius 3 is 2.45 bits per heavy atom. The summed E-state index contributed by atoms with van der Waals surface area (Å²) in [4.78, 5) is 0. The Morgan fingerprint density at radius 2 is 2.00 bits per heavy atom. The van der Waals surface area contributed by atoms with Crippen LogP contribution in [0.25, 0.3) is 0 Å². The summed E-state index contributed by atoms with van der Waals surface area (Å²) >= 11 is 0. The van der Waals surface area contributed by atoms with Crippen molar-refractivity contribution in [2.24, 2.45) is 0 Å². The maximum Gasteiger partial charge on any atom is 0.228 e. The number of alkyl halides is 1. The molecule has 0 N–H and O–H groups in total. The first-order valence-electron chi connectivity index (χ1n) is 3.49. The van der Waals surface area contributed by atoms with E-state index in [1.807, 2.05) is 0 Å². The second kappa shape index (κ2) is 4.01. The smallest absolute Gasteiger partial charge is 0.228 e. The average molecular weight is 158 g/mol. The van der Waals surface area contributed by atoms with Gasteiger partial charge in [-0.15, -0.1) is 0 Å². The van der Waals surface area contributed by atoms with Gasteiger partial charge in [-0.25, -0.2) is 4.39 Å². The first kappa shape index (κ1) is 8.11. The van der Waals surface area contributed by atoms with Gasteiger partial charge in [-0.05, 0) is 12.2 Å². The molecule has 0 aromatic carbocycles. The van der Waals surface area contributed by atoms with Crippen molar-refractivity contribution >= 4 is 0 Å². The lowest BCUT2D eigenvalue weighted by Crippen LogP contribution is -1.98. The molecule has 0 atom stereocenters. The molecule has 62 valence electrons. The van der Waals surface area contributed by atoms with Crippen molar-refractivity contribution in [2.75, 3.05) is 14.0 Å². The van der Waals surface area contributed by atoms with Crippen LogP contribution >= 0.6 is 0 Å². The van der Waals surface area contributed by atoms with Crippen molar-refractivity contribution in [2.45, 2.75) is 12.8 Å². The number of allylic oxidation sites excluding steroid dienone is 4. The quantitative estimate of drug-likeness (QED) is 0.626. The predicted molar refractivity (Wildman–Crippen MR) is 39.5 cm³/mol. The molecule has 0 saturated carbocycles. The van der Waals surface area contributed by atoms with E-state index in [0.29, 0.717) is 5.76 Å². The van der Waals surface area contributed by atoms with Crippen LogP contribution in [0.2, 0.25) is 0 Å². The number of halogens is 1. The van der Waals surface area contributed by atoms with Crippen LogP contribution in [0.3, 0.4) is 0 Å². The number of rotatable bonds is 3. The zero-order chi connectivity index (χ0) is 8.10. The highest BCUT2D eigenvalue weighted by Gasteiger charge is 2.06. The van der Waals surface area contributed by atoms with Crippen LogP contribution in [0.4, 0.5) is 4.39 Å². The summed E-state index contributed by atoms with van der Waals surface area (Å²) in [6.07, 6.45) is 5.06. The van der Waals surface area contributed by atoms with Gasteiger partial charge in [0.2, 0.25) is 6.86 Å². The van der Waals surface area contributed by atoms with Crippen LogP contribution in [-0.2, 0) is 9.47 Å². The fourth-order valence-corrected chi connectivity index (χ4v) is 0.959. The number of hydrogen-bond donors (Lipinski definition) is 0. The topological polar surface area (TPSA) is 18.5 Å². The Morgan fingerprint density at radius 1 is 1.36 bits per heavy atom. The number of ether oxygens (including phenoxy) is 2. The summed E-state index contributed by atoms with van der Waals surface area (Å²) < 4.78 is 21.3. The van der Waals surface area contributed by atoms with E-state index >= 15 is 0 Å². The van der Waals surface area contributed by atoms with E-state index in [0.717, 1.165) is 18.6 Å². The molecule has 0 heterocycles. The van der Waals surface area contributed by atoms with Crippen molar-refractivity contribution in [1.29, 1.82) is 0 Å². The normalized spacial score (nSPS) is 16.9. The first-order chi connectivity index (χ1) is 5.36. The molecule has 1 aliphatic rings. The lowest BCUT2D eigenvalue weighted by Gasteiger charge is -2.12. The minimum atomic E-state index is -0.748. The van der Waals surface area contributed by atoms with Gasteiger partial charge in [0.1, 0.15) is 5.76 Å². The number of methoxy groups -OCH3 is 1. The van der Waals surface area contributed by atoms with E-state index in [4.69, 9.17) is 4.74 Å². The lowest BCUT2D eigenvalue weighted by atomic mass is 10.1. The summed E-state index contributed by atoms with van der Waals surface area (Å²) in [6.45, 7) is -0.748. The fraction of sp³-hybridized carbons (Fsp3) is 0.500. The van der Waals surface area contributed by atoms with E-state index in [-0.39, 0.29) is 0 Å². The standard InChI is InChI=1S/C8H11FO2/c1-10-7-2-4-8(5-3-7)11-6-9/h2,4H,3,5-6H2,1H3. The lowest BCUT2D eigenvalue weighted by molar-refractivity contribution is 0.107. The zero-order valence-corrected chi connectivity index (χ0v) is 6.47. The molecule has 0 aromatic rings. The minimum absolute atomic E-state index is 0.688. The van der Waals surface area contributed by atoms with Crippen LogP contribution < -0.4 is 0 Å². The highest BCUT2D eigenvalue weighted by Crippen LogP contribution is 2.18. The van der Waals surface area contributed by atoms with Crippen molar-refractivity contribution in [3.8, 4) is 0 Å². The maximum atomic E-state index is 11.6. The van der Waals surface area contributed by atoms with Gasteiger partial charge in [-0.2, -0.15) is 0 Å². The van der Waals surface area contributed by atoms with Gasteiger partial charge in [-0.3, -0.25) is 0 Å². The van der Waals surface area contributed by atoms with Crippen molar-refractivity contribution in [3.05, 3.63) is 23.7 Å². The predicted octanol–water partition coefficient (Wildman–Crippen LogP) is 2.14. The molecular formula is C8H11FO2. The Hall–Kier alpha value is -0.990. The van der Waals surface area contributed by atoms with Gasteiger partial charge >= 0.3 is 0 Å². The molecule has 1 rings (SSSR count). The second-order valence-electron chi connectivity index (χ2n) is 2.22. The van der Waals surface area contributed by atoms with Gasteiger partial charge in [0.05, 0.1) is 12.9 Å². The third kappa shape index (κ3) is 2.26.